The fourth-order valence-electron chi connectivity index (χ4n) is 1.51. The van der Waals surface area contributed by atoms with Crippen LogP contribution >= 0.6 is 0 Å². The second-order valence-electron chi connectivity index (χ2n) is 3.28. The molecule has 0 aromatic carbocycles. The Morgan fingerprint density at radius 2 is 2.19 bits per heavy atom. The molecule has 0 atom stereocenters. The number of rotatable bonds is 1. The molecule has 0 aliphatic carbocycles. The number of H-pyrrole nitrogens is 1. The van der Waals surface area contributed by atoms with Crippen LogP contribution < -0.4 is 5.73 Å². The van der Waals surface area contributed by atoms with Gasteiger partial charge in [-0.25, -0.2) is 19.9 Å². The lowest BCUT2D eigenvalue weighted by Gasteiger charge is -1.98. The molecule has 0 unspecified atom stereocenters. The van der Waals surface area contributed by atoms with Crippen LogP contribution in [0.15, 0.2) is 30.9 Å². The minimum Gasteiger partial charge on any atom is -0.383 e. The second-order valence-corrected chi connectivity index (χ2v) is 3.28. The Balaban J connectivity index is 2.23. The molecule has 16 heavy (non-hydrogen) atoms. The first kappa shape index (κ1) is 8.78. The van der Waals surface area contributed by atoms with Crippen molar-refractivity contribution in [3.8, 4) is 11.4 Å². The standard InChI is InChI=1S/C10H8N6/c11-8-6(2-1-3-13-8)9-15-7-4-12-5-14-10(7)16-9/h1-5H,(H2,11,13)(H,12,14,15,16). The SMILES string of the molecule is Nc1ncccc1-c1nc2ncncc2[nH]1. The van der Waals surface area contributed by atoms with Gasteiger partial charge in [0.05, 0.1) is 11.8 Å². The predicted octanol–water partition coefficient (Wildman–Crippen LogP) is 0.997. The molecule has 0 bridgehead atoms. The Kier molecular flexibility index (Phi) is 1.79. The average Bonchev–Trinajstić information content (AvgIpc) is 2.73. The molecule has 0 saturated carbocycles. The average molecular weight is 212 g/mol. The van der Waals surface area contributed by atoms with Crippen molar-refractivity contribution in [3.05, 3.63) is 30.9 Å². The van der Waals surface area contributed by atoms with Crippen molar-refractivity contribution in [1.29, 1.82) is 0 Å². The molecule has 3 N–H and O–H groups in total. The zero-order valence-corrected chi connectivity index (χ0v) is 8.25. The van der Waals surface area contributed by atoms with Crippen molar-refractivity contribution >= 4 is 17.0 Å². The fourth-order valence-corrected chi connectivity index (χ4v) is 1.51. The number of nitrogen functional groups attached to an aromatic ring is 1. The van der Waals surface area contributed by atoms with Crippen LogP contribution in [0.3, 0.4) is 0 Å². The van der Waals surface area contributed by atoms with E-state index in [0.717, 1.165) is 11.1 Å². The van der Waals surface area contributed by atoms with Gasteiger partial charge in [-0.3, -0.25) is 0 Å². The third-order valence-corrected chi connectivity index (χ3v) is 2.26. The van der Waals surface area contributed by atoms with Gasteiger partial charge >= 0.3 is 0 Å². The van der Waals surface area contributed by atoms with Gasteiger partial charge in [0.1, 0.15) is 23.5 Å². The van der Waals surface area contributed by atoms with Gasteiger partial charge in [-0.05, 0) is 12.1 Å². The van der Waals surface area contributed by atoms with E-state index in [9.17, 15) is 0 Å². The van der Waals surface area contributed by atoms with Gasteiger partial charge in [-0.2, -0.15) is 0 Å². The topological polar surface area (TPSA) is 93.4 Å². The number of hydrogen-bond acceptors (Lipinski definition) is 5. The minimum absolute atomic E-state index is 0.439. The van der Waals surface area contributed by atoms with E-state index in [-0.39, 0.29) is 0 Å². The zero-order valence-electron chi connectivity index (χ0n) is 8.25. The third-order valence-electron chi connectivity index (χ3n) is 2.26. The molecule has 0 spiro atoms. The quantitative estimate of drug-likeness (QED) is 0.627. The third kappa shape index (κ3) is 1.28. The highest BCUT2D eigenvalue weighted by molar-refractivity contribution is 5.78. The number of pyridine rings is 1. The number of nitrogens with zero attached hydrogens (tertiary/aromatic N) is 4. The predicted molar refractivity (Wildman–Crippen MR) is 59.3 cm³/mol. The van der Waals surface area contributed by atoms with Gasteiger partial charge in [0.15, 0.2) is 5.65 Å². The summed E-state index contributed by atoms with van der Waals surface area (Å²) in [6.45, 7) is 0. The van der Waals surface area contributed by atoms with Gasteiger partial charge < -0.3 is 10.7 Å². The van der Waals surface area contributed by atoms with Crippen molar-refractivity contribution in [3.63, 3.8) is 0 Å². The lowest BCUT2D eigenvalue weighted by molar-refractivity contribution is 1.20. The van der Waals surface area contributed by atoms with E-state index in [4.69, 9.17) is 5.73 Å². The van der Waals surface area contributed by atoms with E-state index in [1.54, 1.807) is 12.4 Å². The van der Waals surface area contributed by atoms with Gasteiger partial charge in [-0.15, -0.1) is 0 Å². The molecule has 3 rings (SSSR count). The van der Waals surface area contributed by atoms with Gasteiger partial charge in [0.25, 0.3) is 0 Å². The molecule has 0 aliphatic rings. The molecular formula is C10H8N6. The van der Waals surface area contributed by atoms with E-state index in [2.05, 4.69) is 24.9 Å². The minimum atomic E-state index is 0.439. The van der Waals surface area contributed by atoms with Gasteiger partial charge in [0.2, 0.25) is 0 Å². The summed E-state index contributed by atoms with van der Waals surface area (Å²) in [5.74, 6) is 1.09. The maximum Gasteiger partial charge on any atom is 0.181 e. The Morgan fingerprint density at radius 3 is 3.00 bits per heavy atom. The number of hydrogen-bond donors (Lipinski definition) is 2. The molecule has 78 valence electrons. The van der Waals surface area contributed by atoms with E-state index in [1.807, 2.05) is 12.1 Å². The molecule has 3 heterocycles. The number of aromatic nitrogens is 5. The number of fused-ring (bicyclic) bond motifs is 1. The van der Waals surface area contributed by atoms with Crippen LogP contribution in [0.5, 0.6) is 0 Å². The molecular weight excluding hydrogens is 204 g/mol. The summed E-state index contributed by atoms with van der Waals surface area (Å²) in [7, 11) is 0. The first-order valence-electron chi connectivity index (χ1n) is 4.71. The first-order valence-corrected chi connectivity index (χ1v) is 4.71. The van der Waals surface area contributed by atoms with E-state index in [1.165, 1.54) is 6.33 Å². The van der Waals surface area contributed by atoms with E-state index >= 15 is 0 Å². The Hall–Kier alpha value is -2.50. The first-order chi connectivity index (χ1) is 7.84. The summed E-state index contributed by atoms with van der Waals surface area (Å²) in [5.41, 5.74) is 7.93. The number of nitrogens with two attached hydrogens (primary N) is 1. The van der Waals surface area contributed by atoms with Gasteiger partial charge in [0, 0.05) is 6.20 Å². The van der Waals surface area contributed by atoms with E-state index in [0.29, 0.717) is 17.3 Å². The van der Waals surface area contributed by atoms with Crippen LogP contribution in [-0.2, 0) is 0 Å². The van der Waals surface area contributed by atoms with Crippen molar-refractivity contribution in [2.75, 3.05) is 5.73 Å². The summed E-state index contributed by atoms with van der Waals surface area (Å²) in [5, 5.41) is 0. The summed E-state index contributed by atoms with van der Waals surface area (Å²) in [4.78, 5) is 19.4. The molecule has 0 aliphatic heterocycles. The number of anilines is 1. The Labute approximate surface area is 90.6 Å². The fraction of sp³-hybridized carbons (Fsp3) is 0. The maximum atomic E-state index is 5.77. The summed E-state index contributed by atoms with van der Waals surface area (Å²) in [6, 6.07) is 3.66. The van der Waals surface area contributed by atoms with Crippen LogP contribution in [0, 0.1) is 0 Å². The number of aromatic amines is 1. The summed E-state index contributed by atoms with van der Waals surface area (Å²) < 4.78 is 0. The number of nitrogens with one attached hydrogen (secondary N) is 1. The highest BCUT2D eigenvalue weighted by Gasteiger charge is 2.08. The molecule has 0 amide bonds. The summed E-state index contributed by atoms with van der Waals surface area (Å²) in [6.07, 6.45) is 4.77. The molecule has 3 aromatic heterocycles. The molecule has 6 nitrogen and oxygen atoms in total. The van der Waals surface area contributed by atoms with Gasteiger partial charge in [-0.1, -0.05) is 0 Å². The summed E-state index contributed by atoms with van der Waals surface area (Å²) >= 11 is 0. The second kappa shape index (κ2) is 3.27. The maximum absolute atomic E-state index is 5.77. The lowest BCUT2D eigenvalue weighted by atomic mass is 10.2. The monoisotopic (exact) mass is 212 g/mol. The van der Waals surface area contributed by atoms with Crippen molar-refractivity contribution in [1.82, 2.24) is 24.9 Å². The molecule has 0 saturated heterocycles. The smallest absolute Gasteiger partial charge is 0.181 e. The van der Waals surface area contributed by atoms with Crippen LogP contribution in [0.25, 0.3) is 22.6 Å². The van der Waals surface area contributed by atoms with E-state index < -0.39 is 0 Å². The van der Waals surface area contributed by atoms with Crippen LogP contribution in [0.2, 0.25) is 0 Å². The molecule has 0 radical (unpaired) electrons. The zero-order chi connectivity index (χ0) is 11.0. The van der Waals surface area contributed by atoms with Crippen molar-refractivity contribution in [2.45, 2.75) is 0 Å². The number of imidazole rings is 1. The molecule has 3 aromatic rings. The lowest BCUT2D eigenvalue weighted by Crippen LogP contribution is -1.93. The molecule has 0 fully saturated rings. The Bertz CT molecular complexity index is 611. The highest BCUT2D eigenvalue weighted by atomic mass is 15.0. The van der Waals surface area contributed by atoms with Crippen molar-refractivity contribution < 1.29 is 0 Å². The largest absolute Gasteiger partial charge is 0.383 e. The molecule has 6 heteroatoms. The van der Waals surface area contributed by atoms with Crippen LogP contribution in [-0.4, -0.2) is 24.9 Å². The van der Waals surface area contributed by atoms with Crippen molar-refractivity contribution in [2.24, 2.45) is 0 Å². The Morgan fingerprint density at radius 1 is 1.25 bits per heavy atom. The highest BCUT2D eigenvalue weighted by Crippen LogP contribution is 2.22. The normalized spacial score (nSPS) is 10.8. The van der Waals surface area contributed by atoms with Crippen LogP contribution in [0.1, 0.15) is 0 Å². The van der Waals surface area contributed by atoms with Crippen LogP contribution in [0.4, 0.5) is 5.82 Å².